The number of rotatable bonds is 0. The van der Waals surface area contributed by atoms with Gasteiger partial charge in [-0.3, -0.25) is 44.1 Å². The topological polar surface area (TPSA) is 256 Å². The van der Waals surface area contributed by atoms with Gasteiger partial charge in [-0.2, -0.15) is 14.9 Å². The lowest BCUT2D eigenvalue weighted by Gasteiger charge is -2.20. The molecule has 0 spiro atoms. The van der Waals surface area contributed by atoms with Crippen molar-refractivity contribution in [2.75, 3.05) is 0 Å². The van der Waals surface area contributed by atoms with Gasteiger partial charge in [0.15, 0.2) is 11.9 Å². The second-order valence-corrected chi connectivity index (χ2v) is 44.2. The second kappa shape index (κ2) is 47.8. The Hall–Kier alpha value is -10.4. The first kappa shape index (κ1) is 111. The standard InChI is InChI=1S/C12H16N2.2C10H15N.C9H13NO.C9H13N.C8H14N2.2C8H12N2.2C7H13N3.C7H12N2.C7H11NS/c1-12(2,3)11-9-7-5-6-8-10(9)14(4)13-11;1-8-5-6-11-7-9(8)10(2,3)4;1-8-6-5-7-9(11-8)10(2,3)4;1-9(2,3)8-6-4-5-7-10(8)11;1-9(2,3)8-6-4-5-7-10-8;1-8(2,3)7-9-5-6-10(7)4;1-8(2,3)7-6-9-4-5-10-7;1-8(2,3)7-9-5-4-6-10-7;1-7(2,3)6-5-10(4)9-8-6;1-7(2,3)6-5-8-9-10(6)4;1-7(2,3)6-4-5-8-9-6;1-7(2,3)6-8-4-5-9-6/h5-8H,1-4H3;2*5-7H,1-4H3;4-7H,1-3H3;4-7H,1-3H3;5-6H,1-4H3;2*4-6H,1-3H3;2*5H,1-4H3;4-5H,1-3H3,(H,8,9);4-5H,1-3H3. The molecule has 0 bridgehead atoms. The smallest absolute Gasteiger partial charge is 0.198 e. The lowest BCUT2D eigenvalue weighted by molar-refractivity contribution is -0.617. The van der Waals surface area contributed by atoms with Crippen LogP contribution in [0.1, 0.15) is 328 Å². The quantitative estimate of drug-likeness (QED) is 0.109. The van der Waals surface area contributed by atoms with E-state index in [1.165, 1.54) is 44.6 Å². The number of imidazole rings is 1. The Labute approximate surface area is 757 Å². The van der Waals surface area contributed by atoms with Gasteiger partial charge in [-0.25, -0.2) is 19.9 Å². The van der Waals surface area contributed by atoms with Crippen molar-refractivity contribution in [3.63, 3.8) is 0 Å². The first-order valence-corrected chi connectivity index (χ1v) is 44.0. The van der Waals surface area contributed by atoms with Crippen LogP contribution in [0.2, 0.25) is 0 Å². The van der Waals surface area contributed by atoms with Gasteiger partial charge >= 0.3 is 0 Å². The summed E-state index contributed by atoms with van der Waals surface area (Å²) in [5, 5.41) is 42.5. The molecule has 1 N–H and O–H groups in total. The van der Waals surface area contributed by atoms with Crippen molar-refractivity contribution in [2.45, 2.75) is 328 Å². The van der Waals surface area contributed by atoms with Gasteiger partial charge in [-0.15, -0.1) is 21.5 Å². The molecule has 0 saturated heterocycles. The van der Waals surface area contributed by atoms with E-state index < -0.39 is 0 Å². The predicted octanol–water partition coefficient (Wildman–Crippen LogP) is 23.9. The van der Waals surface area contributed by atoms with E-state index in [-0.39, 0.29) is 65.0 Å². The van der Waals surface area contributed by atoms with Crippen LogP contribution in [0.5, 0.6) is 0 Å². The fourth-order valence-electron chi connectivity index (χ4n) is 11.2. The normalized spacial score (nSPS) is 11.8. The third-order valence-corrected chi connectivity index (χ3v) is 19.5. The van der Waals surface area contributed by atoms with E-state index in [1.807, 2.05) is 152 Å². The lowest BCUT2D eigenvalue weighted by Crippen LogP contribution is -2.37. The Morgan fingerprint density at radius 3 is 1.28 bits per heavy atom. The van der Waals surface area contributed by atoms with Crippen molar-refractivity contribution >= 4 is 22.2 Å². The van der Waals surface area contributed by atoms with Crippen LogP contribution in [0.25, 0.3) is 10.9 Å². The Morgan fingerprint density at radius 2 is 0.960 bits per heavy atom. The number of aromatic amines is 1. The molecule has 0 aliphatic heterocycles. The molecule has 684 valence electrons. The van der Waals surface area contributed by atoms with Crippen molar-refractivity contribution in [1.29, 1.82) is 0 Å². The van der Waals surface area contributed by atoms with Gasteiger partial charge in [0.2, 0.25) is 0 Å². The number of para-hydroxylation sites is 1. The molecule has 0 amide bonds. The largest absolute Gasteiger partial charge is 0.618 e. The maximum atomic E-state index is 11.2. The van der Waals surface area contributed by atoms with Crippen molar-refractivity contribution in [2.24, 2.45) is 28.2 Å². The van der Waals surface area contributed by atoms with Gasteiger partial charge in [0.25, 0.3) is 0 Å². The van der Waals surface area contributed by atoms with Crippen molar-refractivity contribution in [1.82, 2.24) is 99.4 Å². The highest BCUT2D eigenvalue weighted by atomic mass is 32.1. The number of hydrogen-bond donors (Lipinski definition) is 1. The average molecular weight is 1730 g/mol. The zero-order valence-corrected chi connectivity index (χ0v) is 85.6. The second-order valence-electron chi connectivity index (χ2n) is 43.3. The number of fused-ring (bicyclic) bond motifs is 1. The third-order valence-electron chi connectivity index (χ3n) is 18.3. The van der Waals surface area contributed by atoms with Crippen LogP contribution in [0.4, 0.5) is 0 Å². The fraction of sp³-hybridized carbons (Fsp3) is 0.529. The summed E-state index contributed by atoms with van der Waals surface area (Å²) in [6.07, 6.45) is 27.1. The lowest BCUT2D eigenvalue weighted by atomic mass is 9.86. The van der Waals surface area contributed by atoms with Crippen LogP contribution in [-0.4, -0.2) is 99.4 Å². The molecule has 0 fully saturated rings. The maximum Gasteiger partial charge on any atom is 0.198 e. The molecule has 0 aliphatic carbocycles. The summed E-state index contributed by atoms with van der Waals surface area (Å²) < 4.78 is 8.45. The highest BCUT2D eigenvalue weighted by molar-refractivity contribution is 7.09. The fourth-order valence-corrected chi connectivity index (χ4v) is 11.9. The highest BCUT2D eigenvalue weighted by Crippen LogP contribution is 2.31. The zero-order valence-electron chi connectivity index (χ0n) is 84.7. The van der Waals surface area contributed by atoms with E-state index in [9.17, 15) is 5.21 Å². The van der Waals surface area contributed by atoms with Crippen LogP contribution >= 0.6 is 11.3 Å². The molecule has 1 aromatic carbocycles. The van der Waals surface area contributed by atoms with Crippen molar-refractivity contribution in [3.05, 3.63) is 280 Å². The van der Waals surface area contributed by atoms with Gasteiger partial charge in [-0.1, -0.05) is 290 Å². The Balaban J connectivity index is 0.000000463. The first-order chi connectivity index (χ1) is 57.1. The van der Waals surface area contributed by atoms with Gasteiger partial charge in [-0.05, 0) is 85.0 Å². The Bertz CT molecular complexity index is 4820. The SMILES string of the molecule is CC(C)(C)c1cccc[n+]1[O-].CC(C)(C)c1ccccn1.CC(C)(C)c1ccn[nH]1.CC(C)(C)c1cnccn1.CC(C)(C)c1ncccn1.CC(C)(C)c1nccs1.Cc1cccc(C(C)(C)C)n1.Cc1ccncc1C(C)(C)C.Cn1cc(C(C)(C)C)nn1.Cn1ccnc1C(C)(C)C.Cn1nc(C(C)(C)C)c2ccccc21.Cn1nncc1C(C)(C)C. The van der Waals surface area contributed by atoms with Gasteiger partial charge in [0.1, 0.15) is 11.6 Å². The molecule has 125 heavy (non-hydrogen) atoms. The first-order valence-electron chi connectivity index (χ1n) is 43.1. The Morgan fingerprint density at radius 1 is 0.400 bits per heavy atom. The molecule has 23 heteroatoms. The summed E-state index contributed by atoms with van der Waals surface area (Å²) in [5.74, 6) is 2.03. The number of H-pyrrole nitrogens is 1. The number of benzene rings is 1. The van der Waals surface area contributed by atoms with E-state index in [0.29, 0.717) is 0 Å². The summed E-state index contributed by atoms with van der Waals surface area (Å²) in [4.78, 5) is 37.7. The number of thiazole rings is 1. The number of pyridine rings is 4. The molecular formula is C102H159N21OS. The molecule has 0 radical (unpaired) electrons. The third kappa shape index (κ3) is 42.0. The monoisotopic (exact) mass is 1730 g/mol. The van der Waals surface area contributed by atoms with Crippen LogP contribution < -0.4 is 4.73 Å². The molecule has 12 heterocycles. The predicted molar refractivity (Wildman–Crippen MR) is 523 cm³/mol. The number of aromatic nitrogens is 21. The van der Waals surface area contributed by atoms with E-state index in [4.69, 9.17) is 0 Å². The highest BCUT2D eigenvalue weighted by Gasteiger charge is 2.26. The van der Waals surface area contributed by atoms with Crippen molar-refractivity contribution in [3.8, 4) is 0 Å². The van der Waals surface area contributed by atoms with Gasteiger partial charge in [0.05, 0.1) is 39.5 Å². The van der Waals surface area contributed by atoms with E-state index in [2.05, 4.69) is 369 Å². The Kier molecular flexibility index (Phi) is 42.3. The van der Waals surface area contributed by atoms with E-state index in [1.54, 1.807) is 70.1 Å². The minimum Gasteiger partial charge on any atom is -0.618 e. The number of aryl methyl sites for hydroxylation is 6. The summed E-state index contributed by atoms with van der Waals surface area (Å²) in [6.45, 7) is 81.4. The molecule has 13 rings (SSSR count). The van der Waals surface area contributed by atoms with E-state index in [0.717, 1.165) is 56.2 Å². The molecule has 0 atom stereocenters. The number of hydrogen-bond acceptors (Lipinski definition) is 17. The van der Waals surface area contributed by atoms with E-state index >= 15 is 0 Å². The van der Waals surface area contributed by atoms with Crippen LogP contribution in [0.15, 0.2) is 195 Å². The molecule has 0 aliphatic rings. The summed E-state index contributed by atoms with van der Waals surface area (Å²) in [7, 11) is 7.81. The van der Waals surface area contributed by atoms with Gasteiger partial charge in [0, 0.05) is 214 Å². The summed E-state index contributed by atoms with van der Waals surface area (Å²) in [6, 6.07) is 31.9. The average Bonchev–Trinajstić information content (AvgIpc) is 1.64. The summed E-state index contributed by atoms with van der Waals surface area (Å²) >= 11 is 1.72. The zero-order chi connectivity index (χ0) is 95.8. The van der Waals surface area contributed by atoms with Crippen LogP contribution in [0, 0.1) is 19.1 Å². The van der Waals surface area contributed by atoms with Crippen LogP contribution in [0.3, 0.4) is 0 Å². The number of nitrogens with zero attached hydrogens (tertiary/aromatic N) is 20. The van der Waals surface area contributed by atoms with Gasteiger partial charge < -0.3 is 9.77 Å². The maximum absolute atomic E-state index is 11.2. The molecular weight excluding hydrogens is 1570 g/mol. The number of nitrogens with one attached hydrogen (secondary N) is 1. The molecule has 0 saturated carbocycles. The minimum atomic E-state index is -0.0665. The molecule has 0 unspecified atom stereocenters. The van der Waals surface area contributed by atoms with Crippen molar-refractivity contribution < 1.29 is 4.73 Å². The molecule has 13 aromatic rings. The van der Waals surface area contributed by atoms with Crippen LogP contribution in [-0.2, 0) is 93.2 Å². The summed E-state index contributed by atoms with van der Waals surface area (Å²) in [5.41, 5.74) is 15.4. The minimum absolute atomic E-state index is 0.0665. The molecule has 12 aromatic heterocycles. The molecule has 22 nitrogen and oxygen atoms in total.